The molecule has 3 atom stereocenters. The molecule has 0 spiro atoms. The lowest BCUT2D eigenvalue weighted by atomic mass is 9.92. The molecule has 21 heavy (non-hydrogen) atoms. The van der Waals surface area contributed by atoms with Crippen molar-refractivity contribution in [1.82, 2.24) is 10.2 Å². The standard InChI is InChI=1S/C17H27N3O/c1-13-9-14(2)11-20(10-13)12-15(3)18-17(21)19-16-7-5-4-6-8-16/h4-8,13-15H,9-12H2,1-3H3,(H2,18,19,21). The zero-order chi connectivity index (χ0) is 15.2. The van der Waals surface area contributed by atoms with E-state index in [1.165, 1.54) is 6.42 Å². The van der Waals surface area contributed by atoms with Gasteiger partial charge in [-0.15, -0.1) is 0 Å². The fraction of sp³-hybridized carbons (Fsp3) is 0.588. The highest BCUT2D eigenvalue weighted by Gasteiger charge is 2.23. The lowest BCUT2D eigenvalue weighted by molar-refractivity contribution is 0.132. The molecular weight excluding hydrogens is 262 g/mol. The van der Waals surface area contributed by atoms with Gasteiger partial charge in [0, 0.05) is 31.4 Å². The molecular formula is C17H27N3O. The molecule has 2 N–H and O–H groups in total. The molecule has 3 unspecified atom stereocenters. The van der Waals surface area contributed by atoms with E-state index in [4.69, 9.17) is 0 Å². The summed E-state index contributed by atoms with van der Waals surface area (Å²) < 4.78 is 0. The van der Waals surface area contributed by atoms with Gasteiger partial charge >= 0.3 is 6.03 Å². The van der Waals surface area contributed by atoms with E-state index in [0.29, 0.717) is 0 Å². The van der Waals surface area contributed by atoms with Gasteiger partial charge in [-0.25, -0.2) is 4.79 Å². The maximum atomic E-state index is 12.0. The number of likely N-dealkylation sites (tertiary alicyclic amines) is 1. The van der Waals surface area contributed by atoms with Crippen molar-refractivity contribution >= 4 is 11.7 Å². The van der Waals surface area contributed by atoms with Crippen LogP contribution >= 0.6 is 0 Å². The van der Waals surface area contributed by atoms with Gasteiger partial charge in [-0.3, -0.25) is 0 Å². The summed E-state index contributed by atoms with van der Waals surface area (Å²) in [5.41, 5.74) is 0.822. The summed E-state index contributed by atoms with van der Waals surface area (Å²) in [4.78, 5) is 14.4. The Labute approximate surface area is 127 Å². The van der Waals surface area contributed by atoms with Gasteiger partial charge in [0.2, 0.25) is 0 Å². The fourth-order valence-electron chi connectivity index (χ4n) is 3.29. The Morgan fingerprint density at radius 3 is 2.48 bits per heavy atom. The zero-order valence-corrected chi connectivity index (χ0v) is 13.3. The number of carbonyl (C=O) groups excluding carboxylic acids is 1. The number of carbonyl (C=O) groups is 1. The molecule has 116 valence electrons. The van der Waals surface area contributed by atoms with E-state index in [1.807, 2.05) is 30.3 Å². The molecule has 0 aliphatic carbocycles. The number of nitrogens with one attached hydrogen (secondary N) is 2. The van der Waals surface area contributed by atoms with E-state index >= 15 is 0 Å². The molecule has 1 aliphatic heterocycles. The van der Waals surface area contributed by atoms with Crippen LogP contribution in [0.25, 0.3) is 0 Å². The van der Waals surface area contributed by atoms with E-state index in [-0.39, 0.29) is 12.1 Å². The first-order valence-electron chi connectivity index (χ1n) is 7.88. The van der Waals surface area contributed by atoms with Crippen molar-refractivity contribution in [3.05, 3.63) is 30.3 Å². The number of para-hydroxylation sites is 1. The van der Waals surface area contributed by atoms with Gasteiger partial charge in [0.15, 0.2) is 0 Å². The molecule has 2 amide bonds. The molecule has 1 aromatic rings. The second-order valence-electron chi connectivity index (χ2n) is 6.53. The summed E-state index contributed by atoms with van der Waals surface area (Å²) in [6.45, 7) is 9.87. The number of benzene rings is 1. The number of nitrogens with zero attached hydrogens (tertiary/aromatic N) is 1. The lowest BCUT2D eigenvalue weighted by Gasteiger charge is -2.36. The molecule has 4 nitrogen and oxygen atoms in total. The van der Waals surface area contributed by atoms with Crippen LogP contribution in [-0.2, 0) is 0 Å². The number of rotatable bonds is 4. The Kier molecular flexibility index (Phi) is 5.62. The van der Waals surface area contributed by atoms with Crippen LogP contribution in [-0.4, -0.2) is 36.6 Å². The minimum absolute atomic E-state index is 0.133. The van der Waals surface area contributed by atoms with Crippen molar-refractivity contribution in [1.29, 1.82) is 0 Å². The number of urea groups is 1. The van der Waals surface area contributed by atoms with Crippen LogP contribution in [0.3, 0.4) is 0 Å². The predicted molar refractivity (Wildman–Crippen MR) is 87.4 cm³/mol. The molecule has 0 bridgehead atoms. The highest BCUT2D eigenvalue weighted by Crippen LogP contribution is 2.20. The van der Waals surface area contributed by atoms with Crippen LogP contribution in [0.4, 0.5) is 10.5 Å². The lowest BCUT2D eigenvalue weighted by Crippen LogP contribution is -2.47. The molecule has 0 saturated carbocycles. The Balaban J connectivity index is 1.76. The quantitative estimate of drug-likeness (QED) is 0.894. The third kappa shape index (κ3) is 5.38. The molecule has 1 aliphatic rings. The number of hydrogen-bond acceptors (Lipinski definition) is 2. The minimum Gasteiger partial charge on any atom is -0.334 e. The second-order valence-corrected chi connectivity index (χ2v) is 6.53. The van der Waals surface area contributed by atoms with Gasteiger partial charge in [-0.1, -0.05) is 32.0 Å². The van der Waals surface area contributed by atoms with Crippen LogP contribution in [0.2, 0.25) is 0 Å². The van der Waals surface area contributed by atoms with Crippen LogP contribution < -0.4 is 10.6 Å². The smallest absolute Gasteiger partial charge is 0.319 e. The third-order valence-corrected chi connectivity index (χ3v) is 3.89. The maximum absolute atomic E-state index is 12.0. The van der Waals surface area contributed by atoms with Gasteiger partial charge in [0.1, 0.15) is 0 Å². The zero-order valence-electron chi connectivity index (χ0n) is 13.3. The van der Waals surface area contributed by atoms with Gasteiger partial charge in [0.25, 0.3) is 0 Å². The average Bonchev–Trinajstić information content (AvgIpc) is 2.37. The second kappa shape index (κ2) is 7.46. The first-order chi connectivity index (χ1) is 10.0. The molecule has 1 heterocycles. The van der Waals surface area contributed by atoms with Gasteiger partial charge < -0.3 is 15.5 Å². The Bertz CT molecular complexity index is 439. The Morgan fingerprint density at radius 2 is 1.86 bits per heavy atom. The monoisotopic (exact) mass is 289 g/mol. The van der Waals surface area contributed by atoms with Crippen LogP contribution in [0.1, 0.15) is 27.2 Å². The summed E-state index contributed by atoms with van der Waals surface area (Å²) in [5.74, 6) is 1.50. The van der Waals surface area contributed by atoms with Gasteiger partial charge in [0.05, 0.1) is 0 Å². The Morgan fingerprint density at radius 1 is 1.24 bits per heavy atom. The molecule has 4 heteroatoms. The molecule has 0 aromatic heterocycles. The number of anilines is 1. The van der Waals surface area contributed by atoms with Crippen LogP contribution in [0.5, 0.6) is 0 Å². The molecule has 2 rings (SSSR count). The van der Waals surface area contributed by atoms with Crippen molar-refractivity contribution in [2.24, 2.45) is 11.8 Å². The van der Waals surface area contributed by atoms with Crippen LogP contribution in [0.15, 0.2) is 30.3 Å². The van der Waals surface area contributed by atoms with E-state index < -0.39 is 0 Å². The third-order valence-electron chi connectivity index (χ3n) is 3.89. The van der Waals surface area contributed by atoms with E-state index in [2.05, 4.69) is 36.3 Å². The fourth-order valence-corrected chi connectivity index (χ4v) is 3.29. The summed E-state index contributed by atoms with van der Waals surface area (Å²) >= 11 is 0. The summed E-state index contributed by atoms with van der Waals surface area (Å²) in [6, 6.07) is 9.55. The number of hydrogen-bond donors (Lipinski definition) is 2. The SMILES string of the molecule is CC1CC(C)CN(CC(C)NC(=O)Nc2ccccc2)C1. The summed E-state index contributed by atoms with van der Waals surface area (Å²) in [5, 5.41) is 5.87. The molecule has 1 fully saturated rings. The van der Waals surface area contributed by atoms with Crippen LogP contribution in [0, 0.1) is 11.8 Å². The first-order valence-corrected chi connectivity index (χ1v) is 7.88. The minimum atomic E-state index is -0.133. The molecule has 1 saturated heterocycles. The summed E-state index contributed by atoms with van der Waals surface area (Å²) in [6.07, 6.45) is 1.31. The number of amides is 2. The normalized spacial score (nSPS) is 24.3. The van der Waals surface area contributed by atoms with Gasteiger partial charge in [-0.05, 0) is 37.3 Å². The van der Waals surface area contributed by atoms with Crippen molar-refractivity contribution < 1.29 is 4.79 Å². The average molecular weight is 289 g/mol. The van der Waals surface area contributed by atoms with Crippen molar-refractivity contribution in [3.63, 3.8) is 0 Å². The van der Waals surface area contributed by atoms with E-state index in [0.717, 1.165) is 37.2 Å². The molecule has 1 aromatic carbocycles. The van der Waals surface area contributed by atoms with E-state index in [9.17, 15) is 4.79 Å². The first kappa shape index (κ1) is 15.8. The predicted octanol–water partition coefficient (Wildman–Crippen LogP) is 3.17. The largest absolute Gasteiger partial charge is 0.334 e. The topological polar surface area (TPSA) is 44.4 Å². The van der Waals surface area contributed by atoms with Crippen molar-refractivity contribution in [2.75, 3.05) is 25.0 Å². The van der Waals surface area contributed by atoms with Crippen molar-refractivity contribution in [3.8, 4) is 0 Å². The number of piperidine rings is 1. The van der Waals surface area contributed by atoms with Gasteiger partial charge in [-0.2, -0.15) is 0 Å². The van der Waals surface area contributed by atoms with Crippen molar-refractivity contribution in [2.45, 2.75) is 33.2 Å². The Hall–Kier alpha value is -1.55. The highest BCUT2D eigenvalue weighted by molar-refractivity contribution is 5.89. The summed E-state index contributed by atoms with van der Waals surface area (Å²) in [7, 11) is 0. The maximum Gasteiger partial charge on any atom is 0.319 e. The molecule has 0 radical (unpaired) electrons. The highest BCUT2D eigenvalue weighted by atomic mass is 16.2. The van der Waals surface area contributed by atoms with E-state index in [1.54, 1.807) is 0 Å².